The van der Waals surface area contributed by atoms with Crippen molar-refractivity contribution < 1.29 is 14.9 Å². The smallest absolute Gasteiger partial charge is 0.145 e. The molecule has 0 aliphatic carbocycles. The molecule has 100 valence electrons. The molecule has 1 saturated heterocycles. The van der Waals surface area contributed by atoms with Crippen LogP contribution in [-0.4, -0.2) is 46.6 Å². The van der Waals surface area contributed by atoms with Gasteiger partial charge in [-0.3, -0.25) is 4.98 Å². The summed E-state index contributed by atoms with van der Waals surface area (Å²) in [5, 5.41) is 23.2. The number of β-amino-alcohol motifs (C(OH)–C–C–N with tert-alkyl or cyclic N) is 1. The van der Waals surface area contributed by atoms with E-state index in [9.17, 15) is 10.2 Å². The van der Waals surface area contributed by atoms with Crippen molar-refractivity contribution in [3.05, 3.63) is 36.5 Å². The summed E-state index contributed by atoms with van der Waals surface area (Å²) in [6.45, 7) is 0.691. The van der Waals surface area contributed by atoms with Crippen molar-refractivity contribution in [3.8, 4) is 5.75 Å². The lowest BCUT2D eigenvalue weighted by atomic mass is 10.1. The molecule has 2 heterocycles. The summed E-state index contributed by atoms with van der Waals surface area (Å²) in [5.74, 6) is 0.688. The predicted molar refractivity (Wildman–Crippen MR) is 71.0 cm³/mol. The molecule has 3 atom stereocenters. The number of aliphatic hydroxyl groups excluding tert-OH is 2. The predicted octanol–water partition coefficient (Wildman–Crippen LogP) is 0.307. The molecule has 1 aliphatic heterocycles. The number of pyridine rings is 1. The Labute approximate surface area is 110 Å². The van der Waals surface area contributed by atoms with Gasteiger partial charge in [-0.15, -0.1) is 0 Å². The van der Waals surface area contributed by atoms with Gasteiger partial charge in [-0.05, 0) is 12.1 Å². The molecule has 0 saturated carbocycles. The highest BCUT2D eigenvalue weighted by molar-refractivity contribution is 5.84. The standard InChI is InChI=1S/C14H16N2O3/c17-11-7-16-10(14(11)18)8-19-12-5-1-3-9-4-2-6-15-13(9)12/h1-6,10-11,14,16-18H,7-8H2/t10-,11+,14-/m1/s1. The lowest BCUT2D eigenvalue weighted by Gasteiger charge is -2.17. The first kappa shape index (κ1) is 12.3. The van der Waals surface area contributed by atoms with Gasteiger partial charge in [0.25, 0.3) is 0 Å². The van der Waals surface area contributed by atoms with Crippen molar-refractivity contribution in [2.24, 2.45) is 0 Å². The van der Waals surface area contributed by atoms with Gasteiger partial charge in [0.15, 0.2) is 0 Å². The van der Waals surface area contributed by atoms with Gasteiger partial charge in [-0.25, -0.2) is 0 Å². The van der Waals surface area contributed by atoms with E-state index < -0.39 is 12.2 Å². The van der Waals surface area contributed by atoms with Crippen molar-refractivity contribution in [2.75, 3.05) is 13.2 Å². The van der Waals surface area contributed by atoms with E-state index >= 15 is 0 Å². The van der Waals surface area contributed by atoms with Crippen LogP contribution in [0.5, 0.6) is 5.75 Å². The molecule has 5 nitrogen and oxygen atoms in total. The molecule has 0 amide bonds. The first-order valence-corrected chi connectivity index (χ1v) is 6.32. The van der Waals surface area contributed by atoms with Gasteiger partial charge in [0, 0.05) is 18.1 Å². The molecule has 3 N–H and O–H groups in total. The zero-order valence-corrected chi connectivity index (χ0v) is 10.4. The van der Waals surface area contributed by atoms with E-state index in [-0.39, 0.29) is 6.04 Å². The molecule has 2 aromatic rings. The van der Waals surface area contributed by atoms with Crippen molar-refractivity contribution >= 4 is 10.9 Å². The summed E-state index contributed by atoms with van der Waals surface area (Å²) < 4.78 is 5.73. The minimum atomic E-state index is -0.789. The number of para-hydroxylation sites is 1. The van der Waals surface area contributed by atoms with Gasteiger partial charge in [0.2, 0.25) is 0 Å². The second kappa shape index (κ2) is 5.13. The van der Waals surface area contributed by atoms with Crippen molar-refractivity contribution in [2.45, 2.75) is 18.2 Å². The van der Waals surface area contributed by atoms with Crippen LogP contribution in [0.15, 0.2) is 36.5 Å². The van der Waals surface area contributed by atoms with Crippen LogP contribution < -0.4 is 10.1 Å². The summed E-state index contributed by atoms with van der Waals surface area (Å²) in [5.41, 5.74) is 0.804. The van der Waals surface area contributed by atoms with Crippen LogP contribution in [-0.2, 0) is 0 Å². The van der Waals surface area contributed by atoms with E-state index in [1.54, 1.807) is 6.20 Å². The van der Waals surface area contributed by atoms with E-state index in [4.69, 9.17) is 4.74 Å². The Kier molecular flexibility index (Phi) is 3.33. The third-order valence-electron chi connectivity index (χ3n) is 3.41. The molecule has 19 heavy (non-hydrogen) atoms. The van der Waals surface area contributed by atoms with Gasteiger partial charge >= 0.3 is 0 Å². The molecule has 3 rings (SSSR count). The highest BCUT2D eigenvalue weighted by Gasteiger charge is 2.33. The molecule has 5 heteroatoms. The van der Waals surface area contributed by atoms with E-state index in [2.05, 4.69) is 10.3 Å². The summed E-state index contributed by atoms with van der Waals surface area (Å²) >= 11 is 0. The number of ether oxygens (including phenoxy) is 1. The van der Waals surface area contributed by atoms with Gasteiger partial charge in [0.1, 0.15) is 17.9 Å². The van der Waals surface area contributed by atoms with E-state index in [0.29, 0.717) is 18.9 Å². The van der Waals surface area contributed by atoms with Gasteiger partial charge < -0.3 is 20.3 Å². The maximum absolute atomic E-state index is 9.74. The van der Waals surface area contributed by atoms with E-state index in [1.165, 1.54) is 0 Å². The number of benzene rings is 1. The number of hydrogen-bond donors (Lipinski definition) is 3. The molecule has 0 spiro atoms. The zero-order chi connectivity index (χ0) is 13.2. The van der Waals surface area contributed by atoms with Crippen LogP contribution in [0.3, 0.4) is 0 Å². The van der Waals surface area contributed by atoms with E-state index in [0.717, 1.165) is 10.9 Å². The van der Waals surface area contributed by atoms with Crippen molar-refractivity contribution in [1.82, 2.24) is 10.3 Å². The summed E-state index contributed by atoms with van der Waals surface area (Å²) in [6, 6.07) is 9.34. The topological polar surface area (TPSA) is 74.6 Å². The Morgan fingerprint density at radius 1 is 1.26 bits per heavy atom. The molecule has 0 bridgehead atoms. The quantitative estimate of drug-likeness (QED) is 0.740. The van der Waals surface area contributed by atoms with Gasteiger partial charge in [0.05, 0.1) is 18.2 Å². The normalized spacial score (nSPS) is 26.7. The average molecular weight is 260 g/mol. The molecule has 0 unspecified atom stereocenters. The fraction of sp³-hybridized carbons (Fsp3) is 0.357. The molecule has 1 aromatic carbocycles. The highest BCUT2D eigenvalue weighted by atomic mass is 16.5. The third kappa shape index (κ3) is 2.40. The lowest BCUT2D eigenvalue weighted by molar-refractivity contribution is 0.0320. The molecule has 1 aliphatic rings. The number of nitrogens with one attached hydrogen (secondary N) is 1. The number of fused-ring (bicyclic) bond motifs is 1. The summed E-state index contributed by atoms with van der Waals surface area (Å²) in [4.78, 5) is 4.30. The van der Waals surface area contributed by atoms with Crippen LogP contribution in [0.4, 0.5) is 0 Å². The maximum Gasteiger partial charge on any atom is 0.145 e. The van der Waals surface area contributed by atoms with Crippen LogP contribution in [0.1, 0.15) is 0 Å². The fourth-order valence-corrected chi connectivity index (χ4v) is 2.31. The first-order chi connectivity index (χ1) is 9.25. The van der Waals surface area contributed by atoms with Crippen LogP contribution >= 0.6 is 0 Å². The zero-order valence-electron chi connectivity index (χ0n) is 10.4. The Morgan fingerprint density at radius 3 is 2.89 bits per heavy atom. The molecule has 1 aromatic heterocycles. The lowest BCUT2D eigenvalue weighted by Crippen LogP contribution is -2.38. The number of aromatic nitrogens is 1. The molecular formula is C14H16N2O3. The van der Waals surface area contributed by atoms with Crippen LogP contribution in [0.25, 0.3) is 10.9 Å². The second-order valence-electron chi connectivity index (χ2n) is 4.71. The molecule has 0 radical (unpaired) electrons. The summed E-state index contributed by atoms with van der Waals surface area (Å²) in [7, 11) is 0. The maximum atomic E-state index is 9.74. The average Bonchev–Trinajstić information content (AvgIpc) is 2.76. The Hall–Kier alpha value is -1.69. The van der Waals surface area contributed by atoms with Gasteiger partial charge in [-0.2, -0.15) is 0 Å². The largest absolute Gasteiger partial charge is 0.490 e. The minimum absolute atomic E-state index is 0.256. The first-order valence-electron chi connectivity index (χ1n) is 6.32. The minimum Gasteiger partial charge on any atom is -0.490 e. The Balaban J connectivity index is 1.75. The van der Waals surface area contributed by atoms with Crippen LogP contribution in [0.2, 0.25) is 0 Å². The highest BCUT2D eigenvalue weighted by Crippen LogP contribution is 2.23. The van der Waals surface area contributed by atoms with E-state index in [1.807, 2.05) is 30.3 Å². The number of aliphatic hydroxyl groups is 2. The third-order valence-corrected chi connectivity index (χ3v) is 3.41. The number of rotatable bonds is 3. The fourth-order valence-electron chi connectivity index (χ4n) is 2.31. The Morgan fingerprint density at radius 2 is 2.11 bits per heavy atom. The molecular weight excluding hydrogens is 244 g/mol. The number of nitrogens with zero attached hydrogens (tertiary/aromatic N) is 1. The van der Waals surface area contributed by atoms with Gasteiger partial charge in [-0.1, -0.05) is 18.2 Å². The van der Waals surface area contributed by atoms with Crippen molar-refractivity contribution in [1.29, 1.82) is 0 Å². The SMILES string of the molecule is O[C@H]1[C@@H](O)CN[C@@H]1COc1cccc2cccnc12. The molecule has 1 fully saturated rings. The van der Waals surface area contributed by atoms with Crippen LogP contribution in [0, 0.1) is 0 Å². The monoisotopic (exact) mass is 260 g/mol. The second-order valence-corrected chi connectivity index (χ2v) is 4.71. The Bertz CT molecular complexity index is 570. The summed E-state index contributed by atoms with van der Waals surface area (Å²) in [6.07, 6.45) is 0.212. The van der Waals surface area contributed by atoms with Crippen molar-refractivity contribution in [3.63, 3.8) is 0 Å². The number of hydrogen-bond acceptors (Lipinski definition) is 5.